The summed E-state index contributed by atoms with van der Waals surface area (Å²) in [6.07, 6.45) is 13.9. The van der Waals surface area contributed by atoms with E-state index in [-0.39, 0.29) is 6.10 Å². The van der Waals surface area contributed by atoms with Crippen LogP contribution in [0.5, 0.6) is 0 Å². The van der Waals surface area contributed by atoms with Crippen LogP contribution in [0.15, 0.2) is 11.6 Å². The fraction of sp³-hybridized carbons (Fsp3) is 0.923. The molecular weight excluding hydrogens is 344 g/mol. The molecule has 0 aromatic carbocycles. The van der Waals surface area contributed by atoms with E-state index < -0.39 is 0 Å². The van der Waals surface area contributed by atoms with E-state index >= 15 is 0 Å². The van der Waals surface area contributed by atoms with Crippen molar-refractivity contribution in [2.75, 3.05) is 6.61 Å². The molecule has 1 N–H and O–H groups in total. The van der Waals surface area contributed by atoms with Gasteiger partial charge in [0.15, 0.2) is 0 Å². The summed E-state index contributed by atoms with van der Waals surface area (Å²) in [6, 6.07) is 0. The Kier molecular flexibility index (Phi) is 5.77. The van der Waals surface area contributed by atoms with Crippen molar-refractivity contribution in [3.8, 4) is 0 Å². The van der Waals surface area contributed by atoms with Crippen LogP contribution in [0.3, 0.4) is 0 Å². The minimum Gasteiger partial charge on any atom is -0.393 e. The standard InChI is InChI=1S/C26H44O2/c1-17(2)7-6-8-18(3)24-26(5)14-12-22-21(23(26)16-28-24)10-9-19-15-20(27)11-13-25(19,22)4/h9,17-18,20-24,27H,6-8,10-16H2,1-5H3/t18-,20+,21-,22+,23+,24-,25+,26+/m1/s1. The quantitative estimate of drug-likeness (QED) is 0.554. The van der Waals surface area contributed by atoms with Crippen molar-refractivity contribution in [3.63, 3.8) is 0 Å². The molecule has 0 amide bonds. The molecule has 3 aliphatic carbocycles. The molecule has 0 radical (unpaired) electrons. The van der Waals surface area contributed by atoms with Crippen LogP contribution in [0.4, 0.5) is 0 Å². The van der Waals surface area contributed by atoms with Crippen molar-refractivity contribution in [2.45, 2.75) is 105 Å². The molecule has 2 heteroatoms. The van der Waals surface area contributed by atoms with Crippen molar-refractivity contribution in [1.29, 1.82) is 0 Å². The van der Waals surface area contributed by atoms with E-state index in [4.69, 9.17) is 4.74 Å². The summed E-state index contributed by atoms with van der Waals surface area (Å²) in [5.74, 6) is 3.81. The highest BCUT2D eigenvalue weighted by Crippen LogP contribution is 2.64. The Morgan fingerprint density at radius 2 is 1.89 bits per heavy atom. The molecule has 4 aliphatic rings. The lowest BCUT2D eigenvalue weighted by Gasteiger charge is -2.57. The lowest BCUT2D eigenvalue weighted by atomic mass is 9.47. The minimum absolute atomic E-state index is 0.101. The van der Waals surface area contributed by atoms with Crippen LogP contribution >= 0.6 is 0 Å². The summed E-state index contributed by atoms with van der Waals surface area (Å²) in [5.41, 5.74) is 2.28. The number of allylic oxidation sites excluding steroid dienone is 1. The van der Waals surface area contributed by atoms with E-state index in [1.807, 2.05) is 0 Å². The SMILES string of the molecule is CC(C)CCC[C@@H](C)[C@H]1OC[C@H]2[C@@H]3CC=C4C[C@@H](O)CC[C@]4(C)[C@H]3CC[C@]12C. The summed E-state index contributed by atoms with van der Waals surface area (Å²) in [6.45, 7) is 13.2. The second kappa shape index (κ2) is 7.73. The first kappa shape index (κ1) is 20.9. The maximum absolute atomic E-state index is 10.2. The summed E-state index contributed by atoms with van der Waals surface area (Å²) >= 11 is 0. The monoisotopic (exact) mass is 388 g/mol. The molecule has 0 aromatic rings. The van der Waals surface area contributed by atoms with Crippen LogP contribution in [0, 0.1) is 40.4 Å². The Hall–Kier alpha value is -0.340. The zero-order chi connectivity index (χ0) is 20.1. The van der Waals surface area contributed by atoms with E-state index in [0.29, 0.717) is 22.9 Å². The van der Waals surface area contributed by atoms with Gasteiger partial charge < -0.3 is 9.84 Å². The number of ether oxygens (including phenoxy) is 1. The number of fused-ring (bicyclic) bond motifs is 5. The van der Waals surface area contributed by atoms with Crippen molar-refractivity contribution < 1.29 is 9.84 Å². The number of hydrogen-bond donors (Lipinski definition) is 1. The van der Waals surface area contributed by atoms with Crippen LogP contribution in [-0.2, 0) is 4.74 Å². The van der Waals surface area contributed by atoms with Gasteiger partial charge in [-0.05, 0) is 85.4 Å². The topological polar surface area (TPSA) is 29.5 Å². The predicted octanol–water partition coefficient (Wildman–Crippen LogP) is 6.38. The van der Waals surface area contributed by atoms with Crippen molar-refractivity contribution >= 4 is 0 Å². The normalized spacial score (nSPS) is 46.5. The van der Waals surface area contributed by atoms with Crippen LogP contribution in [0.2, 0.25) is 0 Å². The van der Waals surface area contributed by atoms with E-state index in [1.165, 1.54) is 44.9 Å². The first-order chi connectivity index (χ1) is 13.3. The largest absolute Gasteiger partial charge is 0.393 e. The fourth-order valence-electron chi connectivity index (χ4n) is 7.87. The summed E-state index contributed by atoms with van der Waals surface area (Å²) in [7, 11) is 0. The summed E-state index contributed by atoms with van der Waals surface area (Å²) < 4.78 is 6.60. The second-order valence-corrected chi connectivity index (χ2v) is 11.8. The first-order valence-electron chi connectivity index (χ1n) is 12.2. The number of aliphatic hydroxyl groups excluding tert-OH is 1. The van der Waals surface area contributed by atoms with Gasteiger partial charge in [0, 0.05) is 0 Å². The zero-order valence-electron chi connectivity index (χ0n) is 19.0. The van der Waals surface area contributed by atoms with Crippen molar-refractivity contribution in [3.05, 3.63) is 11.6 Å². The number of aliphatic hydroxyl groups is 1. The van der Waals surface area contributed by atoms with Gasteiger partial charge in [-0.1, -0.05) is 59.1 Å². The molecular formula is C26H44O2. The molecule has 1 saturated heterocycles. The Bertz CT molecular complexity index is 595. The highest BCUT2D eigenvalue weighted by molar-refractivity contribution is 5.25. The van der Waals surface area contributed by atoms with Crippen molar-refractivity contribution in [2.24, 2.45) is 40.4 Å². The molecule has 160 valence electrons. The average molecular weight is 389 g/mol. The lowest BCUT2D eigenvalue weighted by molar-refractivity contribution is -0.0522. The number of hydrogen-bond acceptors (Lipinski definition) is 2. The highest BCUT2D eigenvalue weighted by Gasteiger charge is 2.60. The van der Waals surface area contributed by atoms with Crippen LogP contribution < -0.4 is 0 Å². The van der Waals surface area contributed by atoms with E-state index in [9.17, 15) is 5.11 Å². The van der Waals surface area contributed by atoms with E-state index in [0.717, 1.165) is 43.1 Å². The van der Waals surface area contributed by atoms with Gasteiger partial charge in [-0.15, -0.1) is 0 Å². The molecule has 2 nitrogen and oxygen atoms in total. The van der Waals surface area contributed by atoms with Gasteiger partial charge in [0.2, 0.25) is 0 Å². The molecule has 3 fully saturated rings. The maximum Gasteiger partial charge on any atom is 0.0657 e. The molecule has 2 saturated carbocycles. The summed E-state index contributed by atoms with van der Waals surface area (Å²) in [5, 5.41) is 10.2. The van der Waals surface area contributed by atoms with Gasteiger partial charge in [0.05, 0.1) is 18.8 Å². The van der Waals surface area contributed by atoms with Gasteiger partial charge in [0.25, 0.3) is 0 Å². The average Bonchev–Trinajstić information content (AvgIpc) is 2.99. The van der Waals surface area contributed by atoms with Crippen molar-refractivity contribution in [1.82, 2.24) is 0 Å². The third-order valence-electron chi connectivity index (χ3n) is 9.58. The lowest BCUT2D eigenvalue weighted by Crippen LogP contribution is -2.52. The zero-order valence-corrected chi connectivity index (χ0v) is 19.0. The molecule has 1 heterocycles. The van der Waals surface area contributed by atoms with Gasteiger partial charge in [-0.25, -0.2) is 0 Å². The molecule has 28 heavy (non-hydrogen) atoms. The number of rotatable bonds is 5. The Labute approximate surface area is 173 Å². The first-order valence-corrected chi connectivity index (χ1v) is 12.2. The molecule has 8 atom stereocenters. The van der Waals surface area contributed by atoms with Crippen LogP contribution in [-0.4, -0.2) is 23.9 Å². The molecule has 0 spiro atoms. The smallest absolute Gasteiger partial charge is 0.0657 e. The van der Waals surface area contributed by atoms with E-state index in [1.54, 1.807) is 5.57 Å². The van der Waals surface area contributed by atoms with Gasteiger partial charge >= 0.3 is 0 Å². The maximum atomic E-state index is 10.2. The third-order valence-corrected chi connectivity index (χ3v) is 9.58. The molecule has 4 rings (SSSR count). The van der Waals surface area contributed by atoms with E-state index in [2.05, 4.69) is 40.7 Å². The molecule has 1 aliphatic heterocycles. The molecule has 0 aromatic heterocycles. The Balaban J connectivity index is 1.49. The highest BCUT2D eigenvalue weighted by atomic mass is 16.5. The van der Waals surface area contributed by atoms with Gasteiger partial charge in [-0.2, -0.15) is 0 Å². The Morgan fingerprint density at radius 3 is 2.64 bits per heavy atom. The minimum atomic E-state index is -0.101. The molecule has 0 unspecified atom stereocenters. The predicted molar refractivity (Wildman–Crippen MR) is 116 cm³/mol. The fourth-order valence-corrected chi connectivity index (χ4v) is 7.87. The third kappa shape index (κ3) is 3.41. The van der Waals surface area contributed by atoms with Crippen LogP contribution in [0.1, 0.15) is 92.4 Å². The van der Waals surface area contributed by atoms with Gasteiger partial charge in [-0.3, -0.25) is 0 Å². The Morgan fingerprint density at radius 1 is 1.11 bits per heavy atom. The summed E-state index contributed by atoms with van der Waals surface area (Å²) in [4.78, 5) is 0. The van der Waals surface area contributed by atoms with Crippen LogP contribution in [0.25, 0.3) is 0 Å². The van der Waals surface area contributed by atoms with Gasteiger partial charge in [0.1, 0.15) is 0 Å². The second-order valence-electron chi connectivity index (χ2n) is 11.8. The molecule has 0 bridgehead atoms.